The summed E-state index contributed by atoms with van der Waals surface area (Å²) in [4.78, 5) is 11.5. The molecule has 1 rings (SSSR count). The molecule has 0 radical (unpaired) electrons. The molecule has 0 N–H and O–H groups in total. The minimum absolute atomic E-state index is 0.00588. The fourth-order valence-electron chi connectivity index (χ4n) is 1.87. The van der Waals surface area contributed by atoms with E-state index in [2.05, 4.69) is 6.58 Å². The summed E-state index contributed by atoms with van der Waals surface area (Å²) in [6, 6.07) is 4.16. The lowest BCUT2D eigenvalue weighted by atomic mass is 10.1. The van der Waals surface area contributed by atoms with Gasteiger partial charge in [-0.05, 0) is 31.5 Å². The summed E-state index contributed by atoms with van der Waals surface area (Å²) in [5, 5.41) is 0. The van der Waals surface area contributed by atoms with Crippen molar-refractivity contribution < 1.29 is 23.4 Å². The molecule has 22 heavy (non-hydrogen) atoms. The number of carbonyl (C=O) groups is 1. The average molecular weight is 310 g/mol. The van der Waals surface area contributed by atoms with Gasteiger partial charge in [-0.1, -0.05) is 19.1 Å². The summed E-state index contributed by atoms with van der Waals surface area (Å²) in [6.45, 7) is 7.78. The Hall–Kier alpha value is -1.88. The Kier molecular flexibility index (Phi) is 7.60. The quantitative estimate of drug-likeness (QED) is 0.514. The summed E-state index contributed by atoms with van der Waals surface area (Å²) in [7, 11) is 1.50. The Labute approximate surface area is 130 Å². The first kappa shape index (κ1) is 18.2. The van der Waals surface area contributed by atoms with Crippen molar-refractivity contribution in [1.82, 2.24) is 0 Å². The molecule has 122 valence electrons. The lowest BCUT2D eigenvalue weighted by molar-refractivity contribution is -0.148. The van der Waals surface area contributed by atoms with Gasteiger partial charge in [-0.2, -0.15) is 0 Å². The summed E-state index contributed by atoms with van der Waals surface area (Å²) < 4.78 is 29.6. The van der Waals surface area contributed by atoms with Gasteiger partial charge in [0.2, 0.25) is 0 Å². The molecule has 1 aromatic rings. The maximum absolute atomic E-state index is 13.5. The SMILES string of the molecule is C=C(C)CO[C@@H](COC(=O)CCC)c1cc(F)ccc1OC. The topological polar surface area (TPSA) is 44.8 Å². The number of esters is 1. The first-order chi connectivity index (χ1) is 10.5. The van der Waals surface area contributed by atoms with Crippen molar-refractivity contribution >= 4 is 5.97 Å². The number of hydrogen-bond acceptors (Lipinski definition) is 4. The van der Waals surface area contributed by atoms with Crippen molar-refractivity contribution in [2.24, 2.45) is 0 Å². The number of hydrogen-bond donors (Lipinski definition) is 0. The van der Waals surface area contributed by atoms with Crippen LogP contribution in [0, 0.1) is 5.82 Å². The van der Waals surface area contributed by atoms with Gasteiger partial charge in [0.1, 0.15) is 24.3 Å². The summed E-state index contributed by atoms with van der Waals surface area (Å²) in [5.41, 5.74) is 1.33. The van der Waals surface area contributed by atoms with E-state index < -0.39 is 11.9 Å². The largest absolute Gasteiger partial charge is 0.496 e. The van der Waals surface area contributed by atoms with Gasteiger partial charge >= 0.3 is 5.97 Å². The van der Waals surface area contributed by atoms with E-state index >= 15 is 0 Å². The van der Waals surface area contributed by atoms with E-state index in [1.54, 1.807) is 0 Å². The smallest absolute Gasteiger partial charge is 0.305 e. The number of methoxy groups -OCH3 is 1. The Morgan fingerprint density at radius 3 is 2.73 bits per heavy atom. The molecule has 0 heterocycles. The zero-order valence-electron chi connectivity index (χ0n) is 13.4. The van der Waals surface area contributed by atoms with E-state index in [1.807, 2.05) is 13.8 Å². The van der Waals surface area contributed by atoms with Gasteiger partial charge in [-0.3, -0.25) is 4.79 Å². The molecular weight excluding hydrogens is 287 g/mol. The molecule has 1 aromatic carbocycles. The zero-order chi connectivity index (χ0) is 16.5. The third-order valence-electron chi connectivity index (χ3n) is 2.92. The summed E-state index contributed by atoms with van der Waals surface area (Å²) in [6.07, 6.45) is 0.440. The number of halogens is 1. The molecule has 0 amide bonds. The highest BCUT2D eigenvalue weighted by molar-refractivity contribution is 5.69. The average Bonchev–Trinajstić information content (AvgIpc) is 2.47. The van der Waals surface area contributed by atoms with Crippen LogP contribution in [0.25, 0.3) is 0 Å². The molecule has 0 spiro atoms. The lowest BCUT2D eigenvalue weighted by Gasteiger charge is -2.20. The Morgan fingerprint density at radius 1 is 1.41 bits per heavy atom. The number of rotatable bonds is 9. The lowest BCUT2D eigenvalue weighted by Crippen LogP contribution is -2.17. The van der Waals surface area contributed by atoms with Crippen molar-refractivity contribution in [2.75, 3.05) is 20.3 Å². The summed E-state index contributed by atoms with van der Waals surface area (Å²) >= 11 is 0. The normalized spacial score (nSPS) is 11.8. The summed E-state index contributed by atoms with van der Waals surface area (Å²) in [5.74, 6) is -0.221. The Bertz CT molecular complexity index is 513. The second-order valence-electron chi connectivity index (χ2n) is 5.08. The number of carbonyl (C=O) groups excluding carboxylic acids is 1. The van der Waals surface area contributed by atoms with Gasteiger partial charge in [0, 0.05) is 12.0 Å². The molecule has 0 aromatic heterocycles. The monoisotopic (exact) mass is 310 g/mol. The minimum atomic E-state index is -0.608. The molecule has 0 fully saturated rings. The van der Waals surface area contributed by atoms with Crippen LogP contribution in [0.2, 0.25) is 0 Å². The van der Waals surface area contributed by atoms with E-state index in [0.29, 0.717) is 24.2 Å². The van der Waals surface area contributed by atoms with Crippen molar-refractivity contribution in [3.8, 4) is 5.75 Å². The first-order valence-corrected chi connectivity index (χ1v) is 7.23. The maximum Gasteiger partial charge on any atom is 0.305 e. The van der Waals surface area contributed by atoms with Crippen molar-refractivity contribution in [3.05, 3.63) is 41.7 Å². The molecule has 1 atom stereocenters. The van der Waals surface area contributed by atoms with Crippen LogP contribution in [0.5, 0.6) is 5.75 Å². The molecule has 0 aliphatic heterocycles. The van der Waals surface area contributed by atoms with E-state index in [4.69, 9.17) is 14.2 Å². The van der Waals surface area contributed by atoms with Crippen LogP contribution in [0.1, 0.15) is 38.4 Å². The molecule has 0 saturated carbocycles. The Morgan fingerprint density at radius 2 is 2.14 bits per heavy atom. The zero-order valence-corrected chi connectivity index (χ0v) is 13.4. The third kappa shape index (κ3) is 5.85. The Balaban J connectivity index is 2.91. The van der Waals surface area contributed by atoms with Crippen LogP contribution in [-0.4, -0.2) is 26.3 Å². The van der Waals surface area contributed by atoms with Crippen LogP contribution in [0.4, 0.5) is 4.39 Å². The first-order valence-electron chi connectivity index (χ1n) is 7.23. The van der Waals surface area contributed by atoms with Gasteiger partial charge in [0.15, 0.2) is 0 Å². The maximum atomic E-state index is 13.5. The van der Waals surface area contributed by atoms with Gasteiger partial charge in [-0.15, -0.1) is 0 Å². The van der Waals surface area contributed by atoms with E-state index in [0.717, 1.165) is 5.57 Å². The molecule has 4 nitrogen and oxygen atoms in total. The molecule has 5 heteroatoms. The molecule has 0 unspecified atom stereocenters. The fraction of sp³-hybridized carbons (Fsp3) is 0.471. The van der Waals surface area contributed by atoms with Gasteiger partial charge in [0.25, 0.3) is 0 Å². The minimum Gasteiger partial charge on any atom is -0.496 e. The van der Waals surface area contributed by atoms with E-state index in [9.17, 15) is 9.18 Å². The molecule has 0 aliphatic rings. The van der Waals surface area contributed by atoms with Crippen LogP contribution in [0.3, 0.4) is 0 Å². The predicted octanol–water partition coefficient (Wildman–Crippen LogP) is 3.81. The van der Waals surface area contributed by atoms with Crippen LogP contribution >= 0.6 is 0 Å². The number of ether oxygens (including phenoxy) is 3. The van der Waals surface area contributed by atoms with Gasteiger partial charge in [-0.25, -0.2) is 4.39 Å². The number of benzene rings is 1. The highest BCUT2D eigenvalue weighted by Crippen LogP contribution is 2.29. The molecule has 0 bridgehead atoms. The second kappa shape index (κ2) is 9.20. The van der Waals surface area contributed by atoms with Crippen molar-refractivity contribution in [1.29, 1.82) is 0 Å². The second-order valence-corrected chi connectivity index (χ2v) is 5.08. The third-order valence-corrected chi connectivity index (χ3v) is 2.92. The molecular formula is C17H23FO4. The van der Waals surface area contributed by atoms with E-state index in [-0.39, 0.29) is 19.2 Å². The molecule has 0 saturated heterocycles. The standard InChI is InChI=1S/C17H23FO4/c1-5-6-17(19)22-11-16(21-10-12(2)3)14-9-13(18)7-8-15(14)20-4/h7-9,16H,2,5-6,10-11H2,1,3-4H3/t16-/m0/s1. The van der Waals surface area contributed by atoms with Crippen LogP contribution in [0.15, 0.2) is 30.4 Å². The van der Waals surface area contributed by atoms with Crippen molar-refractivity contribution in [2.45, 2.75) is 32.8 Å². The van der Waals surface area contributed by atoms with E-state index in [1.165, 1.54) is 25.3 Å². The van der Waals surface area contributed by atoms with Gasteiger partial charge < -0.3 is 14.2 Å². The predicted molar refractivity (Wildman–Crippen MR) is 82.3 cm³/mol. The van der Waals surface area contributed by atoms with Crippen LogP contribution < -0.4 is 4.74 Å². The van der Waals surface area contributed by atoms with Gasteiger partial charge in [0.05, 0.1) is 13.7 Å². The molecule has 0 aliphatic carbocycles. The van der Waals surface area contributed by atoms with Crippen molar-refractivity contribution in [3.63, 3.8) is 0 Å². The highest BCUT2D eigenvalue weighted by Gasteiger charge is 2.20. The van der Waals surface area contributed by atoms with Crippen LogP contribution in [-0.2, 0) is 14.3 Å². The fourth-order valence-corrected chi connectivity index (χ4v) is 1.87. The highest BCUT2D eigenvalue weighted by atomic mass is 19.1.